The molecule has 2 aromatic carbocycles. The molecule has 0 saturated carbocycles. The van der Waals surface area contributed by atoms with Gasteiger partial charge in [-0.15, -0.1) is 0 Å². The molecule has 38 heavy (non-hydrogen) atoms. The van der Waals surface area contributed by atoms with Gasteiger partial charge in [0.15, 0.2) is 11.6 Å². The van der Waals surface area contributed by atoms with E-state index in [1.54, 1.807) is 0 Å². The van der Waals surface area contributed by atoms with Crippen molar-refractivity contribution < 1.29 is 27.6 Å². The van der Waals surface area contributed by atoms with E-state index in [2.05, 4.69) is 14.9 Å². The molecule has 0 bridgehead atoms. The summed E-state index contributed by atoms with van der Waals surface area (Å²) in [6.07, 6.45) is 3.01. The third kappa shape index (κ3) is 5.46. The Labute approximate surface area is 216 Å². The maximum absolute atomic E-state index is 15.0. The second-order valence-corrected chi connectivity index (χ2v) is 8.82. The van der Waals surface area contributed by atoms with Crippen LogP contribution in [0.4, 0.5) is 30.2 Å². The van der Waals surface area contributed by atoms with Gasteiger partial charge in [0, 0.05) is 55.2 Å². The third-order valence-electron chi connectivity index (χ3n) is 6.35. The summed E-state index contributed by atoms with van der Waals surface area (Å²) in [6.45, 7) is 4.05. The number of aromatic nitrogens is 1. The minimum atomic E-state index is -0.886. The number of hydrogen-bond donors (Lipinski definition) is 0. The Morgan fingerprint density at radius 3 is 2.63 bits per heavy atom. The molecule has 2 aliphatic heterocycles. The summed E-state index contributed by atoms with van der Waals surface area (Å²) in [5.41, 5.74) is 0.767. The largest absolute Gasteiger partial charge is 0.487 e. The van der Waals surface area contributed by atoms with E-state index in [1.807, 2.05) is 0 Å². The van der Waals surface area contributed by atoms with E-state index in [4.69, 9.17) is 9.47 Å². The van der Waals surface area contributed by atoms with Crippen molar-refractivity contribution in [1.82, 2.24) is 9.88 Å². The number of pyridine rings is 1. The van der Waals surface area contributed by atoms with Gasteiger partial charge < -0.3 is 14.4 Å². The van der Waals surface area contributed by atoms with Crippen molar-refractivity contribution in [3.8, 4) is 17.0 Å². The molecule has 0 radical (unpaired) electrons. The minimum absolute atomic E-state index is 0.0149. The number of benzene rings is 2. The molecule has 0 aliphatic carbocycles. The number of anilines is 2. The van der Waals surface area contributed by atoms with Crippen molar-refractivity contribution in [2.75, 3.05) is 51.0 Å². The highest BCUT2D eigenvalue weighted by Gasteiger charge is 2.26. The monoisotopic (exact) mass is 527 g/mol. The van der Waals surface area contributed by atoms with Crippen LogP contribution in [0.3, 0.4) is 0 Å². The summed E-state index contributed by atoms with van der Waals surface area (Å²) in [5, 5.41) is 11.8. The van der Waals surface area contributed by atoms with Crippen LogP contribution in [0.15, 0.2) is 47.6 Å². The lowest BCUT2D eigenvalue weighted by Crippen LogP contribution is -2.37. The smallest absolute Gasteiger partial charge is 0.311 e. The molecule has 2 aliphatic rings. The fourth-order valence-electron chi connectivity index (χ4n) is 4.46. The molecule has 1 saturated heterocycles. The van der Waals surface area contributed by atoms with E-state index in [0.29, 0.717) is 37.0 Å². The van der Waals surface area contributed by atoms with E-state index in [-0.39, 0.29) is 41.7 Å². The van der Waals surface area contributed by atoms with Crippen LogP contribution in [0.5, 0.6) is 5.75 Å². The highest BCUT2D eigenvalue weighted by atomic mass is 19.1. The summed E-state index contributed by atoms with van der Waals surface area (Å²) in [5.74, 6) is -2.28. The molecule has 0 amide bonds. The molecule has 0 spiro atoms. The Balaban J connectivity index is 1.43. The predicted molar refractivity (Wildman–Crippen MR) is 135 cm³/mol. The highest BCUT2D eigenvalue weighted by Crippen LogP contribution is 2.40. The zero-order valence-corrected chi connectivity index (χ0v) is 20.3. The molecule has 1 aromatic heterocycles. The fourth-order valence-corrected chi connectivity index (χ4v) is 4.46. The highest BCUT2D eigenvalue weighted by molar-refractivity contribution is 5.94. The van der Waals surface area contributed by atoms with E-state index in [0.717, 1.165) is 31.9 Å². The maximum atomic E-state index is 15.0. The molecular weight excluding hydrogens is 503 g/mol. The molecule has 5 rings (SSSR count). The summed E-state index contributed by atoms with van der Waals surface area (Å²) in [6, 6.07) is 7.42. The number of ether oxygens (including phenoxy) is 2. The number of aliphatic imine (C=N–C) groups is 1. The lowest BCUT2D eigenvalue weighted by atomic mass is 10.1. The van der Waals surface area contributed by atoms with Crippen LogP contribution in [0.2, 0.25) is 0 Å². The van der Waals surface area contributed by atoms with Crippen LogP contribution in [0.1, 0.15) is 12.0 Å². The van der Waals surface area contributed by atoms with Gasteiger partial charge in [0.25, 0.3) is 0 Å². The Bertz CT molecular complexity index is 1380. The van der Waals surface area contributed by atoms with Gasteiger partial charge in [0.05, 0.1) is 42.3 Å². The summed E-state index contributed by atoms with van der Waals surface area (Å²) < 4.78 is 53.9. The summed E-state index contributed by atoms with van der Waals surface area (Å²) >= 11 is 0. The minimum Gasteiger partial charge on any atom is -0.487 e. The fraction of sp³-hybridized carbons (Fsp3) is 0.308. The van der Waals surface area contributed by atoms with Gasteiger partial charge in [-0.05, 0) is 24.6 Å². The van der Waals surface area contributed by atoms with Crippen LogP contribution >= 0.6 is 0 Å². The normalized spacial score (nSPS) is 15.4. The Morgan fingerprint density at radius 2 is 1.87 bits per heavy atom. The zero-order valence-electron chi connectivity index (χ0n) is 20.3. The third-order valence-corrected chi connectivity index (χ3v) is 6.35. The maximum Gasteiger partial charge on any atom is 0.311 e. The van der Waals surface area contributed by atoms with Gasteiger partial charge in [-0.3, -0.25) is 25.0 Å². The first-order valence-electron chi connectivity index (χ1n) is 12.0. The summed E-state index contributed by atoms with van der Waals surface area (Å²) in [7, 11) is 0. The Morgan fingerprint density at radius 1 is 1.05 bits per heavy atom. The first-order chi connectivity index (χ1) is 18.4. The van der Waals surface area contributed by atoms with Gasteiger partial charge >= 0.3 is 5.69 Å². The molecule has 3 aromatic rings. The van der Waals surface area contributed by atoms with Gasteiger partial charge in [-0.2, -0.15) is 0 Å². The number of halogens is 3. The average molecular weight is 528 g/mol. The number of nitro groups is 1. The predicted octanol–water partition coefficient (Wildman–Crippen LogP) is 4.70. The van der Waals surface area contributed by atoms with Crippen LogP contribution in [0, 0.1) is 27.6 Å². The number of hydrogen-bond acceptors (Lipinski definition) is 8. The molecule has 0 N–H and O–H groups in total. The van der Waals surface area contributed by atoms with Crippen LogP contribution in [-0.4, -0.2) is 67.1 Å². The molecule has 12 heteroatoms. The Kier molecular flexibility index (Phi) is 7.52. The lowest BCUT2D eigenvalue weighted by molar-refractivity contribution is -0.385. The molecule has 0 atom stereocenters. The van der Waals surface area contributed by atoms with Crippen molar-refractivity contribution in [3.05, 3.63) is 75.7 Å². The van der Waals surface area contributed by atoms with Crippen molar-refractivity contribution in [2.45, 2.75) is 6.42 Å². The van der Waals surface area contributed by atoms with E-state index in [9.17, 15) is 18.9 Å². The number of fused-ring (bicyclic) bond motifs is 1. The lowest BCUT2D eigenvalue weighted by Gasteiger charge is -2.29. The van der Waals surface area contributed by atoms with E-state index >= 15 is 4.39 Å². The topological polar surface area (TPSA) is 93.3 Å². The van der Waals surface area contributed by atoms with Gasteiger partial charge in [0.1, 0.15) is 24.0 Å². The number of rotatable bonds is 8. The first-order valence-corrected chi connectivity index (χ1v) is 12.0. The molecule has 0 unspecified atom stereocenters. The first kappa shape index (κ1) is 25.6. The van der Waals surface area contributed by atoms with Crippen LogP contribution in [-0.2, 0) is 4.74 Å². The molecule has 9 nitrogen and oxygen atoms in total. The second kappa shape index (κ2) is 11.2. The Hall–Kier alpha value is -4.03. The molecule has 3 heterocycles. The van der Waals surface area contributed by atoms with Crippen molar-refractivity contribution in [2.24, 2.45) is 4.99 Å². The standard InChI is InChI=1S/C26H24F3N5O4/c27-19-12-21(29)26(31-15-19)17-2-3-20(28)23(10-17)33-16-30-14-18-11-24(34(35)36)25(13-22(18)33)38-7-1-4-32-5-8-37-9-6-32/h2-3,10-15H,1,4-9,16H2. The molecule has 198 valence electrons. The van der Waals surface area contributed by atoms with Crippen molar-refractivity contribution in [3.63, 3.8) is 0 Å². The molecular formula is C26H24F3N5O4. The van der Waals surface area contributed by atoms with E-state index in [1.165, 1.54) is 35.4 Å². The SMILES string of the molecule is O=[N+]([O-])c1cc2c(cc1OCCCN1CCOCC1)N(c1cc(-c3ncc(F)cc3F)ccc1F)CN=C2. The quantitative estimate of drug-likeness (QED) is 0.238. The van der Waals surface area contributed by atoms with Crippen LogP contribution < -0.4 is 9.64 Å². The van der Waals surface area contributed by atoms with Crippen molar-refractivity contribution in [1.29, 1.82) is 0 Å². The van der Waals surface area contributed by atoms with Gasteiger partial charge in [-0.1, -0.05) is 0 Å². The van der Waals surface area contributed by atoms with Gasteiger partial charge in [0.2, 0.25) is 0 Å². The molecule has 1 fully saturated rings. The van der Waals surface area contributed by atoms with Gasteiger partial charge in [-0.25, -0.2) is 13.2 Å². The van der Waals surface area contributed by atoms with E-state index < -0.39 is 22.4 Å². The zero-order chi connectivity index (χ0) is 26.6. The second-order valence-electron chi connectivity index (χ2n) is 8.82. The number of nitrogens with zero attached hydrogens (tertiary/aromatic N) is 5. The van der Waals surface area contributed by atoms with Crippen LogP contribution in [0.25, 0.3) is 11.3 Å². The average Bonchev–Trinajstić information content (AvgIpc) is 2.91. The number of morpholine rings is 1. The van der Waals surface area contributed by atoms with Crippen molar-refractivity contribution >= 4 is 23.3 Å². The summed E-state index contributed by atoms with van der Waals surface area (Å²) in [4.78, 5) is 23.0. The number of nitro benzene ring substituents is 1.